The lowest BCUT2D eigenvalue weighted by atomic mass is 9.89. The van der Waals surface area contributed by atoms with E-state index in [4.69, 9.17) is 11.6 Å². The maximum atomic E-state index is 13.2. The summed E-state index contributed by atoms with van der Waals surface area (Å²) in [7, 11) is 0. The number of halogens is 4. The Morgan fingerprint density at radius 1 is 1.06 bits per heavy atom. The minimum atomic E-state index is -4.54. The lowest BCUT2D eigenvalue weighted by Crippen LogP contribution is -2.53. The number of hydrogen-bond donors (Lipinski definition) is 1. The van der Waals surface area contributed by atoms with Crippen LogP contribution in [-0.2, 0) is 22.2 Å². The average molecular weight is 481 g/mol. The van der Waals surface area contributed by atoms with Crippen molar-refractivity contribution in [1.29, 1.82) is 0 Å². The number of hydrogen-bond acceptors (Lipinski definition) is 2. The van der Waals surface area contributed by atoms with Gasteiger partial charge >= 0.3 is 6.18 Å². The zero-order valence-corrected chi connectivity index (χ0v) is 19.4. The average Bonchev–Trinajstić information content (AvgIpc) is 2.77. The molecule has 0 aliphatic carbocycles. The molecule has 1 aliphatic heterocycles. The van der Waals surface area contributed by atoms with E-state index in [1.807, 2.05) is 38.1 Å². The molecule has 0 saturated carbocycles. The summed E-state index contributed by atoms with van der Waals surface area (Å²) in [6.07, 6.45) is -3.39. The molecule has 1 saturated heterocycles. The first-order chi connectivity index (χ1) is 15.6. The van der Waals surface area contributed by atoms with E-state index in [2.05, 4.69) is 5.32 Å². The third-order valence-electron chi connectivity index (χ3n) is 6.07. The molecule has 3 rings (SSSR count). The van der Waals surface area contributed by atoms with Gasteiger partial charge < -0.3 is 10.2 Å². The predicted octanol–water partition coefficient (Wildman–Crippen LogP) is 5.45. The summed E-state index contributed by atoms with van der Waals surface area (Å²) in [6.45, 7) is 4.74. The largest absolute Gasteiger partial charge is 0.416 e. The van der Waals surface area contributed by atoms with Gasteiger partial charge in [0.05, 0.1) is 12.0 Å². The van der Waals surface area contributed by atoms with Gasteiger partial charge in [0.25, 0.3) is 0 Å². The van der Waals surface area contributed by atoms with Crippen LogP contribution in [0, 0.1) is 5.92 Å². The Kier molecular flexibility index (Phi) is 8.05. The number of nitrogens with zero attached hydrogens (tertiary/aromatic N) is 1. The summed E-state index contributed by atoms with van der Waals surface area (Å²) in [5.74, 6) is -0.669. The fourth-order valence-electron chi connectivity index (χ4n) is 4.23. The van der Waals surface area contributed by atoms with Gasteiger partial charge in [-0.05, 0) is 54.0 Å². The van der Waals surface area contributed by atoms with E-state index in [1.165, 1.54) is 23.8 Å². The molecular formula is C25H28ClF3N2O2. The molecule has 0 spiro atoms. The summed E-state index contributed by atoms with van der Waals surface area (Å²) in [5.41, 5.74) is 0.238. The molecule has 33 heavy (non-hydrogen) atoms. The molecule has 8 heteroatoms. The lowest BCUT2D eigenvalue weighted by molar-refractivity contribution is -0.140. The van der Waals surface area contributed by atoms with Gasteiger partial charge in [0, 0.05) is 18.1 Å². The highest BCUT2D eigenvalue weighted by Crippen LogP contribution is 2.32. The Morgan fingerprint density at radius 3 is 2.24 bits per heavy atom. The highest BCUT2D eigenvalue weighted by Gasteiger charge is 2.35. The Labute approximate surface area is 197 Å². The standard InChI is InChI=1S/C25H28ClF3N2O2/c1-16(2)23(30-22(32)15-19-5-3-4-6-21(19)25(27,28)29)24(33)31-13-11-18(12-14-31)17-7-9-20(26)10-8-17/h3-10,16,18,23H,11-15H2,1-2H3,(H,30,32)/t23-/m1/s1. The summed E-state index contributed by atoms with van der Waals surface area (Å²) >= 11 is 5.96. The number of likely N-dealkylation sites (tertiary alicyclic amines) is 1. The third-order valence-corrected chi connectivity index (χ3v) is 6.32. The van der Waals surface area contributed by atoms with Gasteiger partial charge in [-0.1, -0.05) is 55.8 Å². The first-order valence-corrected chi connectivity index (χ1v) is 11.4. The van der Waals surface area contributed by atoms with Crippen molar-refractivity contribution in [3.05, 3.63) is 70.2 Å². The van der Waals surface area contributed by atoms with E-state index in [-0.39, 0.29) is 17.4 Å². The topological polar surface area (TPSA) is 49.4 Å². The Balaban J connectivity index is 1.62. The fourth-order valence-corrected chi connectivity index (χ4v) is 4.35. The smallest absolute Gasteiger partial charge is 0.344 e. The SMILES string of the molecule is CC(C)[C@@H](NC(=O)Cc1ccccc1C(F)(F)F)C(=O)N1CCC(c2ccc(Cl)cc2)CC1. The minimum absolute atomic E-state index is 0.110. The van der Waals surface area contributed by atoms with Crippen LogP contribution in [0.25, 0.3) is 0 Å². The van der Waals surface area contributed by atoms with Crippen LogP contribution in [0.2, 0.25) is 5.02 Å². The number of carbonyl (C=O) groups excluding carboxylic acids is 2. The number of piperidine rings is 1. The van der Waals surface area contributed by atoms with Gasteiger partial charge in [0.2, 0.25) is 11.8 Å². The number of carbonyl (C=O) groups is 2. The molecule has 1 heterocycles. The van der Waals surface area contributed by atoms with Gasteiger partial charge in [-0.3, -0.25) is 9.59 Å². The molecule has 0 bridgehead atoms. The number of amides is 2. The first kappa shape index (κ1) is 25.1. The number of benzene rings is 2. The van der Waals surface area contributed by atoms with Crippen LogP contribution in [0.5, 0.6) is 0 Å². The normalized spacial score (nSPS) is 16.0. The summed E-state index contributed by atoms with van der Waals surface area (Å²) < 4.78 is 39.7. The molecule has 0 unspecified atom stereocenters. The van der Waals surface area contributed by atoms with E-state index < -0.39 is 30.1 Å². The van der Waals surface area contributed by atoms with Crippen LogP contribution in [0.1, 0.15) is 49.3 Å². The Hall–Kier alpha value is -2.54. The fraction of sp³-hybridized carbons (Fsp3) is 0.440. The maximum Gasteiger partial charge on any atom is 0.416 e. The van der Waals surface area contributed by atoms with E-state index in [9.17, 15) is 22.8 Å². The van der Waals surface area contributed by atoms with Crippen molar-refractivity contribution < 1.29 is 22.8 Å². The summed E-state index contributed by atoms with van der Waals surface area (Å²) in [4.78, 5) is 27.5. The van der Waals surface area contributed by atoms with E-state index in [1.54, 1.807) is 4.90 Å². The molecule has 4 nitrogen and oxygen atoms in total. The van der Waals surface area contributed by atoms with Crippen molar-refractivity contribution in [3.63, 3.8) is 0 Å². The summed E-state index contributed by atoms with van der Waals surface area (Å²) in [5, 5.41) is 3.36. The van der Waals surface area contributed by atoms with Gasteiger partial charge in [-0.25, -0.2) is 0 Å². The van der Waals surface area contributed by atoms with Crippen molar-refractivity contribution in [2.45, 2.75) is 51.2 Å². The highest BCUT2D eigenvalue weighted by atomic mass is 35.5. The van der Waals surface area contributed by atoms with Crippen LogP contribution < -0.4 is 5.32 Å². The quantitative estimate of drug-likeness (QED) is 0.597. The first-order valence-electron chi connectivity index (χ1n) is 11.0. The molecule has 2 aromatic rings. The molecule has 0 aromatic heterocycles. The van der Waals surface area contributed by atoms with Gasteiger partial charge in [-0.15, -0.1) is 0 Å². The van der Waals surface area contributed by atoms with E-state index in [0.29, 0.717) is 24.0 Å². The zero-order valence-electron chi connectivity index (χ0n) is 18.7. The van der Waals surface area contributed by atoms with Crippen molar-refractivity contribution in [2.24, 2.45) is 5.92 Å². The molecule has 178 valence electrons. The second-order valence-corrected chi connectivity index (χ2v) is 9.21. The Bertz CT molecular complexity index is 968. The maximum absolute atomic E-state index is 13.2. The summed E-state index contributed by atoms with van der Waals surface area (Å²) in [6, 6.07) is 11.9. The van der Waals surface area contributed by atoms with Crippen molar-refractivity contribution in [2.75, 3.05) is 13.1 Å². The molecule has 2 aromatic carbocycles. The molecule has 1 atom stereocenters. The molecule has 1 fully saturated rings. The second kappa shape index (κ2) is 10.6. The van der Waals surface area contributed by atoms with E-state index in [0.717, 1.165) is 18.9 Å². The number of alkyl halides is 3. The van der Waals surface area contributed by atoms with Crippen molar-refractivity contribution >= 4 is 23.4 Å². The number of rotatable bonds is 6. The highest BCUT2D eigenvalue weighted by molar-refractivity contribution is 6.30. The molecular weight excluding hydrogens is 453 g/mol. The third kappa shape index (κ3) is 6.50. The van der Waals surface area contributed by atoms with Crippen molar-refractivity contribution in [3.8, 4) is 0 Å². The van der Waals surface area contributed by atoms with Crippen LogP contribution in [0.15, 0.2) is 48.5 Å². The minimum Gasteiger partial charge on any atom is -0.344 e. The van der Waals surface area contributed by atoms with E-state index >= 15 is 0 Å². The van der Waals surface area contributed by atoms with Gasteiger partial charge in [0.15, 0.2) is 0 Å². The zero-order chi connectivity index (χ0) is 24.2. The Morgan fingerprint density at radius 2 is 1.67 bits per heavy atom. The van der Waals surface area contributed by atoms with Gasteiger partial charge in [0.1, 0.15) is 6.04 Å². The van der Waals surface area contributed by atoms with Crippen LogP contribution >= 0.6 is 11.6 Å². The molecule has 0 radical (unpaired) electrons. The monoisotopic (exact) mass is 480 g/mol. The van der Waals surface area contributed by atoms with Crippen molar-refractivity contribution in [1.82, 2.24) is 10.2 Å². The molecule has 1 N–H and O–H groups in total. The van der Waals surface area contributed by atoms with Crippen LogP contribution in [-0.4, -0.2) is 35.8 Å². The molecule has 1 aliphatic rings. The second-order valence-electron chi connectivity index (χ2n) is 8.77. The van der Waals surface area contributed by atoms with Crippen LogP contribution in [0.4, 0.5) is 13.2 Å². The predicted molar refractivity (Wildman–Crippen MR) is 122 cm³/mol. The van der Waals surface area contributed by atoms with Gasteiger partial charge in [-0.2, -0.15) is 13.2 Å². The van der Waals surface area contributed by atoms with Crippen LogP contribution in [0.3, 0.4) is 0 Å². The molecule has 2 amide bonds. The number of nitrogens with one attached hydrogen (secondary N) is 1. The lowest BCUT2D eigenvalue weighted by Gasteiger charge is -2.35.